The quantitative estimate of drug-likeness (QED) is 0.803. The van der Waals surface area contributed by atoms with Crippen LogP contribution in [0.4, 0.5) is 0 Å². The largest absolute Gasteiger partial charge is 0.497 e. The molecule has 2 aromatic carbocycles. The first kappa shape index (κ1) is 14.7. The summed E-state index contributed by atoms with van der Waals surface area (Å²) in [6.45, 7) is 3.73. The fraction of sp³-hybridized carbons (Fsp3) is 0.176. The van der Waals surface area contributed by atoms with Gasteiger partial charge in [0.05, 0.1) is 16.9 Å². The summed E-state index contributed by atoms with van der Waals surface area (Å²) >= 11 is 0. The van der Waals surface area contributed by atoms with E-state index < -0.39 is 9.84 Å². The zero-order chi connectivity index (χ0) is 15.9. The summed E-state index contributed by atoms with van der Waals surface area (Å²) in [4.78, 5) is 3.71. The highest BCUT2D eigenvalue weighted by Crippen LogP contribution is 2.33. The fourth-order valence-corrected chi connectivity index (χ4v) is 4.33. The van der Waals surface area contributed by atoms with Crippen molar-refractivity contribution < 1.29 is 13.2 Å². The van der Waals surface area contributed by atoms with E-state index in [2.05, 4.69) is 4.98 Å². The Morgan fingerprint density at radius 2 is 1.82 bits per heavy atom. The van der Waals surface area contributed by atoms with Crippen LogP contribution >= 0.6 is 0 Å². The summed E-state index contributed by atoms with van der Waals surface area (Å²) in [7, 11) is -2.09. The van der Waals surface area contributed by atoms with Gasteiger partial charge < -0.3 is 9.72 Å². The van der Waals surface area contributed by atoms with Crippen LogP contribution in [0.15, 0.2) is 52.3 Å². The highest BCUT2D eigenvalue weighted by Gasteiger charge is 2.25. The number of methoxy groups -OCH3 is 1. The van der Waals surface area contributed by atoms with Crippen molar-refractivity contribution in [3.8, 4) is 5.75 Å². The molecule has 3 rings (SSSR count). The van der Waals surface area contributed by atoms with Crippen LogP contribution in [0.2, 0.25) is 0 Å². The molecule has 1 heterocycles. The van der Waals surface area contributed by atoms with E-state index in [4.69, 9.17) is 4.74 Å². The molecule has 0 fully saturated rings. The highest BCUT2D eigenvalue weighted by molar-refractivity contribution is 7.91. The van der Waals surface area contributed by atoms with Crippen LogP contribution in [-0.2, 0) is 9.84 Å². The van der Waals surface area contributed by atoms with Crippen LogP contribution in [-0.4, -0.2) is 20.5 Å². The van der Waals surface area contributed by atoms with Crippen molar-refractivity contribution >= 4 is 20.7 Å². The molecule has 0 radical (unpaired) electrons. The van der Waals surface area contributed by atoms with Crippen LogP contribution in [0, 0.1) is 13.8 Å². The van der Waals surface area contributed by atoms with Crippen molar-refractivity contribution in [2.24, 2.45) is 0 Å². The Morgan fingerprint density at radius 3 is 2.55 bits per heavy atom. The van der Waals surface area contributed by atoms with Gasteiger partial charge in [-0.25, -0.2) is 8.42 Å². The molecule has 0 bridgehead atoms. The molecule has 0 aliphatic rings. The van der Waals surface area contributed by atoms with Crippen LogP contribution in [0.3, 0.4) is 0 Å². The maximum absolute atomic E-state index is 13.0. The molecule has 5 heteroatoms. The van der Waals surface area contributed by atoms with Gasteiger partial charge in [-0.15, -0.1) is 0 Å². The first-order valence-electron chi connectivity index (χ1n) is 6.91. The second-order valence-electron chi connectivity index (χ2n) is 5.31. The van der Waals surface area contributed by atoms with E-state index in [1.165, 1.54) is 7.11 Å². The summed E-state index contributed by atoms with van der Waals surface area (Å²) in [5.41, 5.74) is 2.49. The van der Waals surface area contributed by atoms with Gasteiger partial charge in [-0.1, -0.05) is 17.7 Å². The van der Waals surface area contributed by atoms with Crippen molar-refractivity contribution in [1.82, 2.24) is 4.98 Å². The van der Waals surface area contributed by atoms with E-state index in [0.29, 0.717) is 16.3 Å². The predicted molar refractivity (Wildman–Crippen MR) is 86.2 cm³/mol. The number of hydrogen-bond donors (Lipinski definition) is 1. The summed E-state index contributed by atoms with van der Waals surface area (Å²) < 4.78 is 31.2. The summed E-state index contributed by atoms with van der Waals surface area (Å²) in [6, 6.07) is 12.3. The lowest BCUT2D eigenvalue weighted by molar-refractivity contribution is 0.413. The number of aromatic nitrogens is 1. The molecule has 0 aliphatic heterocycles. The molecule has 0 saturated heterocycles. The van der Waals surface area contributed by atoms with E-state index in [9.17, 15) is 8.42 Å². The SMILES string of the molecule is COc1cccc(S(=O)(=O)c2c(C)[nH]c3ccc(C)cc23)c1. The summed E-state index contributed by atoms with van der Waals surface area (Å²) in [6.07, 6.45) is 0. The first-order valence-corrected chi connectivity index (χ1v) is 8.40. The van der Waals surface area contributed by atoms with E-state index in [1.54, 1.807) is 31.2 Å². The summed E-state index contributed by atoms with van der Waals surface area (Å²) in [5, 5.41) is 0.723. The number of sulfone groups is 1. The third-order valence-corrected chi connectivity index (χ3v) is 5.64. The number of hydrogen-bond acceptors (Lipinski definition) is 3. The Morgan fingerprint density at radius 1 is 1.05 bits per heavy atom. The van der Waals surface area contributed by atoms with Gasteiger partial charge in [-0.05, 0) is 44.2 Å². The second-order valence-corrected chi connectivity index (χ2v) is 7.20. The Hall–Kier alpha value is -2.27. The molecule has 0 spiro atoms. The van der Waals surface area contributed by atoms with Gasteiger partial charge in [0.1, 0.15) is 5.75 Å². The summed E-state index contributed by atoms with van der Waals surface area (Å²) in [5.74, 6) is 0.523. The van der Waals surface area contributed by atoms with Crippen molar-refractivity contribution in [1.29, 1.82) is 0 Å². The number of fused-ring (bicyclic) bond motifs is 1. The average molecular weight is 315 g/mol. The first-order chi connectivity index (χ1) is 10.4. The molecular formula is C17H17NO3S. The lowest BCUT2D eigenvalue weighted by Crippen LogP contribution is -2.03. The van der Waals surface area contributed by atoms with Gasteiger partial charge in [0.25, 0.3) is 0 Å². The maximum Gasteiger partial charge on any atom is 0.209 e. The molecule has 0 unspecified atom stereocenters. The third kappa shape index (κ3) is 2.27. The van der Waals surface area contributed by atoms with Crippen LogP contribution in [0.5, 0.6) is 5.75 Å². The highest BCUT2D eigenvalue weighted by atomic mass is 32.2. The molecule has 3 aromatic rings. The Kier molecular flexibility index (Phi) is 3.45. The Labute approximate surface area is 129 Å². The Bertz CT molecular complexity index is 955. The standard InChI is InChI=1S/C17H17NO3S/c1-11-7-8-16-15(9-11)17(12(2)18-16)22(19,20)14-6-4-5-13(10-14)21-3/h4-10,18H,1-3H3. The average Bonchev–Trinajstić information content (AvgIpc) is 2.83. The normalized spacial score (nSPS) is 11.8. The lowest BCUT2D eigenvalue weighted by atomic mass is 10.2. The minimum atomic E-state index is -3.61. The molecule has 0 atom stereocenters. The van der Waals surface area contributed by atoms with Crippen LogP contribution in [0.25, 0.3) is 10.9 Å². The molecule has 1 aromatic heterocycles. The van der Waals surface area contributed by atoms with Crippen molar-refractivity contribution in [3.63, 3.8) is 0 Å². The third-order valence-electron chi connectivity index (χ3n) is 3.70. The molecule has 114 valence electrons. The van der Waals surface area contributed by atoms with Gasteiger partial charge in [-0.3, -0.25) is 0 Å². The van der Waals surface area contributed by atoms with Gasteiger partial charge in [-0.2, -0.15) is 0 Å². The minimum absolute atomic E-state index is 0.234. The maximum atomic E-state index is 13.0. The Balaban J connectivity index is 2.29. The number of H-pyrrole nitrogens is 1. The van der Waals surface area contributed by atoms with Gasteiger partial charge >= 0.3 is 0 Å². The second kappa shape index (κ2) is 5.18. The van der Waals surface area contributed by atoms with Crippen molar-refractivity contribution in [3.05, 3.63) is 53.7 Å². The van der Waals surface area contributed by atoms with Gasteiger partial charge in [0.2, 0.25) is 9.84 Å². The number of ether oxygens (including phenoxy) is 1. The molecule has 0 aliphatic carbocycles. The monoisotopic (exact) mass is 315 g/mol. The van der Waals surface area contributed by atoms with E-state index in [0.717, 1.165) is 16.5 Å². The van der Waals surface area contributed by atoms with Crippen LogP contribution in [0.1, 0.15) is 11.3 Å². The molecule has 0 saturated carbocycles. The molecule has 1 N–H and O–H groups in total. The van der Waals surface area contributed by atoms with Gasteiger partial charge in [0, 0.05) is 16.6 Å². The predicted octanol–water partition coefficient (Wildman–Crippen LogP) is 3.63. The lowest BCUT2D eigenvalue weighted by Gasteiger charge is -2.07. The number of aryl methyl sites for hydroxylation is 2. The zero-order valence-electron chi connectivity index (χ0n) is 12.7. The molecular weight excluding hydrogens is 298 g/mol. The molecule has 0 amide bonds. The van der Waals surface area contributed by atoms with Crippen LogP contribution < -0.4 is 4.74 Å². The topological polar surface area (TPSA) is 59.2 Å². The van der Waals surface area contributed by atoms with Gasteiger partial charge in [0.15, 0.2) is 0 Å². The van der Waals surface area contributed by atoms with E-state index in [1.807, 2.05) is 25.1 Å². The van der Waals surface area contributed by atoms with Crippen molar-refractivity contribution in [2.75, 3.05) is 7.11 Å². The fourth-order valence-electron chi connectivity index (χ4n) is 2.65. The smallest absolute Gasteiger partial charge is 0.209 e. The minimum Gasteiger partial charge on any atom is -0.497 e. The number of aromatic amines is 1. The number of nitrogens with one attached hydrogen (secondary N) is 1. The number of benzene rings is 2. The van der Waals surface area contributed by atoms with E-state index >= 15 is 0 Å². The molecule has 4 nitrogen and oxygen atoms in total. The van der Waals surface area contributed by atoms with E-state index in [-0.39, 0.29) is 4.90 Å². The zero-order valence-corrected chi connectivity index (χ0v) is 13.5. The number of rotatable bonds is 3. The molecule has 22 heavy (non-hydrogen) atoms. The van der Waals surface area contributed by atoms with Crippen molar-refractivity contribution in [2.45, 2.75) is 23.6 Å².